The molecular weight excluding hydrogens is 266 g/mol. The van der Waals surface area contributed by atoms with Gasteiger partial charge in [0.25, 0.3) is 0 Å². The van der Waals surface area contributed by atoms with E-state index in [1.807, 2.05) is 19.9 Å². The van der Waals surface area contributed by atoms with Crippen molar-refractivity contribution >= 4 is 17.6 Å². The van der Waals surface area contributed by atoms with Crippen LogP contribution in [-0.2, 0) is 9.59 Å². The Morgan fingerprint density at radius 2 is 2.24 bits per heavy atom. The molecule has 112 valence electrons. The van der Waals surface area contributed by atoms with E-state index >= 15 is 0 Å². The minimum atomic E-state index is -0.190. The average molecular weight is 287 g/mol. The van der Waals surface area contributed by atoms with Crippen molar-refractivity contribution in [2.24, 2.45) is 5.92 Å². The van der Waals surface area contributed by atoms with E-state index in [9.17, 15) is 9.59 Å². The standard InChI is InChI=1S/C16H21N3O2/c1-4-14(20)19-7-5-6-13(10-19)16(21)18-15-12(3)8-11(2)9-17-15/h4,8-9,13H,1,5-7,10H2,2-3H3,(H,17,18,21)/t13-/m1/s1. The van der Waals surface area contributed by atoms with Crippen LogP contribution in [0.15, 0.2) is 24.9 Å². The first-order valence-corrected chi connectivity index (χ1v) is 7.16. The van der Waals surface area contributed by atoms with Crippen molar-refractivity contribution < 1.29 is 9.59 Å². The van der Waals surface area contributed by atoms with Crippen molar-refractivity contribution in [3.05, 3.63) is 36.0 Å². The summed E-state index contributed by atoms with van der Waals surface area (Å²) in [6.45, 7) is 8.51. The minimum absolute atomic E-state index is 0.0731. The summed E-state index contributed by atoms with van der Waals surface area (Å²) in [7, 11) is 0. The number of amides is 2. The number of anilines is 1. The smallest absolute Gasteiger partial charge is 0.245 e. The van der Waals surface area contributed by atoms with Crippen LogP contribution in [0.25, 0.3) is 0 Å². The van der Waals surface area contributed by atoms with Gasteiger partial charge in [0.15, 0.2) is 0 Å². The van der Waals surface area contributed by atoms with E-state index in [2.05, 4.69) is 16.9 Å². The monoisotopic (exact) mass is 287 g/mol. The molecule has 0 unspecified atom stereocenters. The average Bonchev–Trinajstić information content (AvgIpc) is 2.49. The maximum absolute atomic E-state index is 12.3. The Kier molecular flexibility index (Phi) is 4.73. The summed E-state index contributed by atoms with van der Waals surface area (Å²) in [5.41, 5.74) is 2.00. The highest BCUT2D eigenvalue weighted by Crippen LogP contribution is 2.20. The summed E-state index contributed by atoms with van der Waals surface area (Å²) >= 11 is 0. The molecule has 0 bridgehead atoms. The van der Waals surface area contributed by atoms with E-state index in [1.54, 1.807) is 11.1 Å². The molecule has 0 saturated carbocycles. The lowest BCUT2D eigenvalue weighted by molar-refractivity contribution is -0.130. The molecule has 0 radical (unpaired) electrons. The number of piperidine rings is 1. The Morgan fingerprint density at radius 1 is 1.48 bits per heavy atom. The molecule has 1 aromatic heterocycles. The number of rotatable bonds is 3. The summed E-state index contributed by atoms with van der Waals surface area (Å²) in [5.74, 6) is 0.219. The van der Waals surface area contributed by atoms with Crippen LogP contribution < -0.4 is 5.32 Å². The van der Waals surface area contributed by atoms with Crippen LogP contribution in [0.5, 0.6) is 0 Å². The molecule has 5 heteroatoms. The van der Waals surface area contributed by atoms with Crippen molar-refractivity contribution in [1.82, 2.24) is 9.88 Å². The summed E-state index contributed by atoms with van der Waals surface area (Å²) in [4.78, 5) is 29.9. The van der Waals surface area contributed by atoms with Gasteiger partial charge in [-0.3, -0.25) is 9.59 Å². The van der Waals surface area contributed by atoms with Gasteiger partial charge in [0.2, 0.25) is 11.8 Å². The molecule has 2 heterocycles. The van der Waals surface area contributed by atoms with Crippen LogP contribution in [0, 0.1) is 19.8 Å². The van der Waals surface area contributed by atoms with Crippen molar-refractivity contribution in [3.8, 4) is 0 Å². The Labute approximate surface area is 125 Å². The van der Waals surface area contributed by atoms with Crippen molar-refractivity contribution in [3.63, 3.8) is 0 Å². The number of aryl methyl sites for hydroxylation is 2. The zero-order valence-electron chi connectivity index (χ0n) is 12.6. The van der Waals surface area contributed by atoms with Gasteiger partial charge in [0.1, 0.15) is 5.82 Å². The van der Waals surface area contributed by atoms with Crippen LogP contribution in [-0.4, -0.2) is 34.8 Å². The van der Waals surface area contributed by atoms with Gasteiger partial charge >= 0.3 is 0 Å². The molecule has 1 saturated heterocycles. The Hall–Kier alpha value is -2.17. The first kappa shape index (κ1) is 15.2. The third-order valence-electron chi connectivity index (χ3n) is 3.74. The third-order valence-corrected chi connectivity index (χ3v) is 3.74. The molecule has 0 aromatic carbocycles. The minimum Gasteiger partial charge on any atom is -0.338 e. The van der Waals surface area contributed by atoms with Gasteiger partial charge in [-0.15, -0.1) is 0 Å². The lowest BCUT2D eigenvalue weighted by Gasteiger charge is -2.31. The predicted molar refractivity (Wildman–Crippen MR) is 81.8 cm³/mol. The molecule has 0 spiro atoms. The molecular formula is C16H21N3O2. The second-order valence-electron chi connectivity index (χ2n) is 5.49. The molecule has 1 N–H and O–H groups in total. The van der Waals surface area contributed by atoms with E-state index in [0.717, 1.165) is 24.0 Å². The van der Waals surface area contributed by atoms with Crippen molar-refractivity contribution in [2.75, 3.05) is 18.4 Å². The van der Waals surface area contributed by atoms with E-state index in [4.69, 9.17) is 0 Å². The topological polar surface area (TPSA) is 62.3 Å². The fourth-order valence-electron chi connectivity index (χ4n) is 2.59. The lowest BCUT2D eigenvalue weighted by atomic mass is 9.97. The molecule has 0 aliphatic carbocycles. The van der Waals surface area contributed by atoms with Crippen LogP contribution >= 0.6 is 0 Å². The van der Waals surface area contributed by atoms with E-state index in [1.165, 1.54) is 6.08 Å². The van der Waals surface area contributed by atoms with Crippen LogP contribution in [0.3, 0.4) is 0 Å². The number of likely N-dealkylation sites (tertiary alicyclic amines) is 1. The number of aromatic nitrogens is 1. The summed E-state index contributed by atoms with van der Waals surface area (Å²) < 4.78 is 0. The van der Waals surface area contributed by atoms with Crippen LogP contribution in [0.4, 0.5) is 5.82 Å². The highest BCUT2D eigenvalue weighted by molar-refractivity contribution is 5.93. The number of carbonyl (C=O) groups excluding carboxylic acids is 2. The fourth-order valence-corrected chi connectivity index (χ4v) is 2.59. The molecule has 2 amide bonds. The van der Waals surface area contributed by atoms with Gasteiger partial charge in [-0.05, 0) is 43.9 Å². The highest BCUT2D eigenvalue weighted by atomic mass is 16.2. The van der Waals surface area contributed by atoms with Crippen LogP contribution in [0.2, 0.25) is 0 Å². The molecule has 5 nitrogen and oxygen atoms in total. The maximum Gasteiger partial charge on any atom is 0.245 e. The van der Waals surface area contributed by atoms with Gasteiger partial charge in [-0.25, -0.2) is 4.98 Å². The van der Waals surface area contributed by atoms with Crippen LogP contribution in [0.1, 0.15) is 24.0 Å². The number of nitrogens with one attached hydrogen (secondary N) is 1. The predicted octanol–water partition coefficient (Wildman–Crippen LogP) is 2.06. The quantitative estimate of drug-likeness (QED) is 0.866. The van der Waals surface area contributed by atoms with Crippen molar-refractivity contribution in [2.45, 2.75) is 26.7 Å². The lowest BCUT2D eigenvalue weighted by Crippen LogP contribution is -2.43. The molecule has 1 atom stereocenters. The van der Waals surface area contributed by atoms with Gasteiger partial charge in [-0.2, -0.15) is 0 Å². The number of hydrogen-bond donors (Lipinski definition) is 1. The Balaban J connectivity index is 2.02. The van der Waals surface area contributed by atoms with Gasteiger partial charge in [0, 0.05) is 19.3 Å². The second kappa shape index (κ2) is 6.52. The Bertz CT molecular complexity index is 569. The number of nitrogens with zero attached hydrogens (tertiary/aromatic N) is 2. The van der Waals surface area contributed by atoms with E-state index in [0.29, 0.717) is 18.9 Å². The number of hydrogen-bond acceptors (Lipinski definition) is 3. The zero-order chi connectivity index (χ0) is 15.4. The normalized spacial score (nSPS) is 18.2. The first-order valence-electron chi connectivity index (χ1n) is 7.16. The summed E-state index contributed by atoms with van der Waals surface area (Å²) in [5, 5.41) is 2.87. The molecule has 1 aliphatic heterocycles. The number of carbonyl (C=O) groups is 2. The van der Waals surface area contributed by atoms with Gasteiger partial charge < -0.3 is 10.2 Å². The molecule has 1 aromatic rings. The second-order valence-corrected chi connectivity index (χ2v) is 5.49. The van der Waals surface area contributed by atoms with E-state index in [-0.39, 0.29) is 17.7 Å². The Morgan fingerprint density at radius 3 is 2.90 bits per heavy atom. The molecule has 2 rings (SSSR count). The maximum atomic E-state index is 12.3. The van der Waals surface area contributed by atoms with Gasteiger partial charge in [-0.1, -0.05) is 12.6 Å². The molecule has 21 heavy (non-hydrogen) atoms. The summed E-state index contributed by atoms with van der Waals surface area (Å²) in [6, 6.07) is 1.98. The van der Waals surface area contributed by atoms with Crippen molar-refractivity contribution in [1.29, 1.82) is 0 Å². The first-order chi connectivity index (χ1) is 10.0. The van der Waals surface area contributed by atoms with E-state index < -0.39 is 0 Å². The molecule has 1 fully saturated rings. The highest BCUT2D eigenvalue weighted by Gasteiger charge is 2.27. The zero-order valence-corrected chi connectivity index (χ0v) is 12.6. The third kappa shape index (κ3) is 3.68. The fraction of sp³-hybridized carbons (Fsp3) is 0.438. The number of pyridine rings is 1. The summed E-state index contributed by atoms with van der Waals surface area (Å²) in [6.07, 6.45) is 4.65. The SMILES string of the molecule is C=CC(=O)N1CCC[C@@H](C(=O)Nc2ncc(C)cc2C)C1. The van der Waals surface area contributed by atoms with Gasteiger partial charge in [0.05, 0.1) is 5.92 Å². The molecule has 1 aliphatic rings. The largest absolute Gasteiger partial charge is 0.338 e.